The topological polar surface area (TPSA) is 20.2 Å². The molecule has 3 heteroatoms. The lowest BCUT2D eigenvalue weighted by Crippen LogP contribution is -2.12. The molecule has 1 N–H and O–H groups in total. The standard InChI is InChI=1S/C5H8F2O/c1-3-4(8)5(2,6)7/h3,8H,1-2H3/b4-3+. The van der Waals surface area contributed by atoms with Crippen LogP contribution in [0.4, 0.5) is 8.78 Å². The second kappa shape index (κ2) is 2.11. The Bertz CT molecular complexity index is 101. The van der Waals surface area contributed by atoms with E-state index in [4.69, 9.17) is 5.11 Å². The van der Waals surface area contributed by atoms with Crippen molar-refractivity contribution in [3.63, 3.8) is 0 Å². The van der Waals surface area contributed by atoms with Gasteiger partial charge in [0.1, 0.15) is 0 Å². The van der Waals surface area contributed by atoms with E-state index in [1.54, 1.807) is 0 Å². The van der Waals surface area contributed by atoms with Crippen molar-refractivity contribution >= 4 is 0 Å². The monoisotopic (exact) mass is 122 g/mol. The Hall–Kier alpha value is -0.600. The van der Waals surface area contributed by atoms with E-state index < -0.39 is 11.7 Å². The van der Waals surface area contributed by atoms with Crippen molar-refractivity contribution in [2.45, 2.75) is 19.8 Å². The molecular formula is C5H8F2O. The van der Waals surface area contributed by atoms with Gasteiger partial charge < -0.3 is 5.11 Å². The fourth-order valence-electron chi connectivity index (χ4n) is 0.253. The number of aliphatic hydroxyl groups is 1. The van der Waals surface area contributed by atoms with Crippen LogP contribution in [0.5, 0.6) is 0 Å². The molecular weight excluding hydrogens is 114 g/mol. The molecule has 0 saturated carbocycles. The van der Waals surface area contributed by atoms with Gasteiger partial charge in [-0.05, 0) is 13.0 Å². The average Bonchev–Trinajstić information content (AvgIpc) is 1.62. The van der Waals surface area contributed by atoms with Crippen LogP contribution >= 0.6 is 0 Å². The largest absolute Gasteiger partial charge is 0.507 e. The van der Waals surface area contributed by atoms with E-state index >= 15 is 0 Å². The molecule has 0 bridgehead atoms. The Balaban J connectivity index is 4.03. The Labute approximate surface area is 46.6 Å². The summed E-state index contributed by atoms with van der Waals surface area (Å²) in [6.45, 7) is 2.00. The maximum Gasteiger partial charge on any atom is 0.300 e. The van der Waals surface area contributed by atoms with E-state index in [1.165, 1.54) is 6.92 Å². The quantitative estimate of drug-likeness (QED) is 0.528. The Morgan fingerprint density at radius 3 is 2.00 bits per heavy atom. The van der Waals surface area contributed by atoms with E-state index in [0.29, 0.717) is 6.92 Å². The van der Waals surface area contributed by atoms with Gasteiger partial charge in [0.2, 0.25) is 0 Å². The van der Waals surface area contributed by atoms with Crippen molar-refractivity contribution < 1.29 is 13.9 Å². The fourth-order valence-corrected chi connectivity index (χ4v) is 0.253. The number of rotatable bonds is 1. The van der Waals surface area contributed by atoms with Crippen LogP contribution in [0.25, 0.3) is 0 Å². The maximum absolute atomic E-state index is 11.8. The number of hydrogen-bond donors (Lipinski definition) is 1. The molecule has 0 aromatic rings. The fraction of sp³-hybridized carbons (Fsp3) is 0.600. The molecule has 0 spiro atoms. The highest BCUT2D eigenvalue weighted by atomic mass is 19.3. The van der Waals surface area contributed by atoms with Gasteiger partial charge in [-0.3, -0.25) is 0 Å². The van der Waals surface area contributed by atoms with Crippen LogP contribution in [-0.4, -0.2) is 11.0 Å². The molecule has 0 saturated heterocycles. The summed E-state index contributed by atoms with van der Waals surface area (Å²) in [5, 5.41) is 8.31. The number of allylic oxidation sites excluding steroid dienone is 2. The highest BCUT2D eigenvalue weighted by molar-refractivity contribution is 4.98. The van der Waals surface area contributed by atoms with Gasteiger partial charge in [0.25, 0.3) is 0 Å². The van der Waals surface area contributed by atoms with Crippen LogP contribution in [-0.2, 0) is 0 Å². The highest BCUT2D eigenvalue weighted by Gasteiger charge is 2.25. The SMILES string of the molecule is C/C=C(/O)C(C)(F)F. The Morgan fingerprint density at radius 1 is 1.62 bits per heavy atom. The van der Waals surface area contributed by atoms with Crippen LogP contribution in [0.2, 0.25) is 0 Å². The van der Waals surface area contributed by atoms with Crippen LogP contribution < -0.4 is 0 Å². The van der Waals surface area contributed by atoms with Crippen LogP contribution in [0.1, 0.15) is 13.8 Å². The van der Waals surface area contributed by atoms with Crippen molar-refractivity contribution in [2.75, 3.05) is 0 Å². The zero-order chi connectivity index (χ0) is 6.78. The normalized spacial score (nSPS) is 14.2. The van der Waals surface area contributed by atoms with Crippen LogP contribution in [0.3, 0.4) is 0 Å². The minimum absolute atomic E-state index is 0.641. The first-order valence-corrected chi connectivity index (χ1v) is 2.22. The minimum Gasteiger partial charge on any atom is -0.507 e. The van der Waals surface area contributed by atoms with Crippen molar-refractivity contribution in [1.82, 2.24) is 0 Å². The number of hydrogen-bond acceptors (Lipinski definition) is 1. The first-order chi connectivity index (χ1) is 3.48. The summed E-state index contributed by atoms with van der Waals surface area (Å²) >= 11 is 0. The van der Waals surface area contributed by atoms with E-state index in [0.717, 1.165) is 6.08 Å². The van der Waals surface area contributed by atoms with Crippen molar-refractivity contribution in [1.29, 1.82) is 0 Å². The number of halogens is 2. The molecule has 0 aliphatic heterocycles. The summed E-state index contributed by atoms with van der Waals surface area (Å²) in [4.78, 5) is 0. The van der Waals surface area contributed by atoms with Gasteiger partial charge in [0.15, 0.2) is 5.76 Å². The molecule has 8 heavy (non-hydrogen) atoms. The zero-order valence-corrected chi connectivity index (χ0v) is 4.78. The van der Waals surface area contributed by atoms with Gasteiger partial charge in [0.05, 0.1) is 0 Å². The maximum atomic E-state index is 11.8. The Morgan fingerprint density at radius 2 is 2.00 bits per heavy atom. The van der Waals surface area contributed by atoms with Gasteiger partial charge in [-0.1, -0.05) is 0 Å². The molecule has 0 aromatic carbocycles. The second-order valence-corrected chi connectivity index (χ2v) is 1.56. The van der Waals surface area contributed by atoms with Gasteiger partial charge >= 0.3 is 5.92 Å². The summed E-state index contributed by atoms with van der Waals surface area (Å²) in [5.74, 6) is -3.95. The molecule has 0 aliphatic carbocycles. The van der Waals surface area contributed by atoms with E-state index in [9.17, 15) is 8.78 Å². The molecule has 48 valence electrons. The van der Waals surface area contributed by atoms with Crippen LogP contribution in [0, 0.1) is 0 Å². The highest BCUT2D eigenvalue weighted by Crippen LogP contribution is 2.19. The molecule has 0 fully saturated rings. The lowest BCUT2D eigenvalue weighted by molar-refractivity contribution is 0.0185. The summed E-state index contributed by atoms with van der Waals surface area (Å²) in [7, 11) is 0. The smallest absolute Gasteiger partial charge is 0.300 e. The summed E-state index contributed by atoms with van der Waals surface area (Å²) < 4.78 is 23.6. The number of alkyl halides is 2. The van der Waals surface area contributed by atoms with Crippen LogP contribution in [0.15, 0.2) is 11.8 Å². The van der Waals surface area contributed by atoms with Gasteiger partial charge in [-0.15, -0.1) is 0 Å². The van der Waals surface area contributed by atoms with E-state index in [2.05, 4.69) is 0 Å². The molecule has 0 aromatic heterocycles. The minimum atomic E-state index is -3.07. The summed E-state index contributed by atoms with van der Waals surface area (Å²) in [6.07, 6.45) is 0.972. The Kier molecular flexibility index (Phi) is 1.95. The van der Waals surface area contributed by atoms with Crippen molar-refractivity contribution in [3.8, 4) is 0 Å². The molecule has 0 radical (unpaired) electrons. The molecule has 0 atom stereocenters. The van der Waals surface area contributed by atoms with Gasteiger partial charge in [-0.2, -0.15) is 8.78 Å². The predicted molar refractivity (Wildman–Crippen MR) is 27.0 cm³/mol. The molecule has 0 amide bonds. The molecule has 0 aliphatic rings. The molecule has 1 nitrogen and oxygen atoms in total. The van der Waals surface area contributed by atoms with E-state index in [-0.39, 0.29) is 0 Å². The van der Waals surface area contributed by atoms with E-state index in [1.807, 2.05) is 0 Å². The first-order valence-electron chi connectivity index (χ1n) is 2.22. The zero-order valence-electron chi connectivity index (χ0n) is 4.78. The third-order valence-corrected chi connectivity index (χ3v) is 0.723. The second-order valence-electron chi connectivity index (χ2n) is 1.56. The third kappa shape index (κ3) is 1.91. The summed E-state index contributed by atoms with van der Waals surface area (Å²) in [6, 6.07) is 0. The first kappa shape index (κ1) is 7.40. The summed E-state index contributed by atoms with van der Waals surface area (Å²) in [5.41, 5.74) is 0. The third-order valence-electron chi connectivity index (χ3n) is 0.723. The molecule has 0 heterocycles. The molecule has 0 rings (SSSR count). The van der Waals surface area contributed by atoms with Gasteiger partial charge in [0, 0.05) is 6.92 Å². The predicted octanol–water partition coefficient (Wildman–Crippen LogP) is 2.10. The average molecular weight is 122 g/mol. The lowest BCUT2D eigenvalue weighted by atomic mass is 10.3. The lowest BCUT2D eigenvalue weighted by Gasteiger charge is -2.06. The molecule has 0 unspecified atom stereocenters. The van der Waals surface area contributed by atoms with Crippen molar-refractivity contribution in [2.24, 2.45) is 0 Å². The van der Waals surface area contributed by atoms with Gasteiger partial charge in [-0.25, -0.2) is 0 Å². The van der Waals surface area contributed by atoms with Crippen molar-refractivity contribution in [3.05, 3.63) is 11.8 Å². The number of aliphatic hydroxyl groups excluding tert-OH is 1.